The van der Waals surface area contributed by atoms with E-state index in [1.807, 2.05) is 0 Å². The van der Waals surface area contributed by atoms with Crippen LogP contribution in [0.5, 0.6) is 0 Å². The smallest absolute Gasteiger partial charge is 0.0555 e. The maximum atomic E-state index is 9.12. The van der Waals surface area contributed by atoms with E-state index in [-0.39, 0.29) is 6.10 Å². The highest BCUT2D eigenvalue weighted by Crippen LogP contribution is 2.21. The van der Waals surface area contributed by atoms with Crippen LogP contribution in [0.3, 0.4) is 0 Å². The number of aliphatic hydroxyl groups excluding tert-OH is 1. The van der Waals surface area contributed by atoms with Gasteiger partial charge in [-0.2, -0.15) is 0 Å². The lowest BCUT2D eigenvalue weighted by Gasteiger charge is -2.17. The van der Waals surface area contributed by atoms with Gasteiger partial charge in [-0.15, -0.1) is 0 Å². The van der Waals surface area contributed by atoms with Crippen LogP contribution in [0.2, 0.25) is 0 Å². The zero-order chi connectivity index (χ0) is 6.85. The van der Waals surface area contributed by atoms with Crippen molar-refractivity contribution in [2.24, 2.45) is 0 Å². The van der Waals surface area contributed by atoms with Crippen LogP contribution in [0.25, 0.3) is 0 Å². The Kier molecular flexibility index (Phi) is 2.09. The van der Waals surface area contributed by atoms with Gasteiger partial charge >= 0.3 is 0 Å². The summed E-state index contributed by atoms with van der Waals surface area (Å²) in [6.45, 7) is 0. The highest BCUT2D eigenvalue weighted by Gasteiger charge is 2.23. The summed E-state index contributed by atoms with van der Waals surface area (Å²) in [5.74, 6) is 0. The maximum Gasteiger partial charge on any atom is 0.0555 e. The Morgan fingerprint density at radius 2 is 2.00 bits per heavy atom. The first-order chi connectivity index (χ1) is 4.20. The first-order valence-electron chi connectivity index (χ1n) is 3.54. The zero-order valence-corrected chi connectivity index (χ0v) is 6.17. The molecule has 0 spiro atoms. The normalized spacial score (nSPS) is 36.0. The number of hydrogen-bond donors (Lipinski definition) is 1. The molecule has 0 unspecified atom stereocenters. The summed E-state index contributed by atoms with van der Waals surface area (Å²) in [5.41, 5.74) is 0. The van der Waals surface area contributed by atoms with E-state index in [1.165, 1.54) is 0 Å². The molecule has 1 fully saturated rings. The van der Waals surface area contributed by atoms with Gasteiger partial charge in [-0.3, -0.25) is 0 Å². The lowest BCUT2D eigenvalue weighted by Crippen LogP contribution is -2.25. The third-order valence-corrected chi connectivity index (χ3v) is 2.11. The van der Waals surface area contributed by atoms with Crippen molar-refractivity contribution in [2.45, 2.75) is 31.4 Å². The fourth-order valence-corrected chi connectivity index (χ4v) is 1.40. The van der Waals surface area contributed by atoms with E-state index in [4.69, 9.17) is 5.11 Å². The summed E-state index contributed by atoms with van der Waals surface area (Å²) in [5, 5.41) is 9.12. The molecule has 0 saturated heterocycles. The molecule has 1 aliphatic rings. The summed E-state index contributed by atoms with van der Waals surface area (Å²) in [6.07, 6.45) is 3.08. The molecule has 0 aliphatic heterocycles. The Labute approximate surface area is 56.5 Å². The molecule has 0 aromatic carbocycles. The molecule has 2 nitrogen and oxygen atoms in total. The monoisotopic (exact) mass is 129 g/mol. The molecular formula is C7H15NO. The summed E-state index contributed by atoms with van der Waals surface area (Å²) in [7, 11) is 4.14. The average Bonchev–Trinajstić information content (AvgIpc) is 2.14. The molecule has 1 rings (SSSR count). The van der Waals surface area contributed by atoms with Crippen LogP contribution in [0.15, 0.2) is 0 Å². The lowest BCUT2D eigenvalue weighted by atomic mass is 10.2. The SMILES string of the molecule is CN(C)[C@H]1CC[C@H](O)C1. The van der Waals surface area contributed by atoms with E-state index in [9.17, 15) is 0 Å². The van der Waals surface area contributed by atoms with E-state index >= 15 is 0 Å². The average molecular weight is 129 g/mol. The molecule has 1 saturated carbocycles. The number of aliphatic hydroxyl groups is 1. The maximum absolute atomic E-state index is 9.12. The van der Waals surface area contributed by atoms with Crippen molar-refractivity contribution in [3.8, 4) is 0 Å². The summed E-state index contributed by atoms with van der Waals surface area (Å²) in [4.78, 5) is 2.19. The van der Waals surface area contributed by atoms with Crippen LogP contribution in [0.1, 0.15) is 19.3 Å². The van der Waals surface area contributed by atoms with Gasteiger partial charge in [0.25, 0.3) is 0 Å². The fraction of sp³-hybridized carbons (Fsp3) is 1.00. The predicted molar refractivity (Wildman–Crippen MR) is 37.3 cm³/mol. The Morgan fingerprint density at radius 1 is 1.33 bits per heavy atom. The molecule has 2 atom stereocenters. The summed E-state index contributed by atoms with van der Waals surface area (Å²) in [6, 6.07) is 0.625. The van der Waals surface area contributed by atoms with Gasteiger partial charge in [0.2, 0.25) is 0 Å². The number of nitrogens with zero attached hydrogens (tertiary/aromatic N) is 1. The minimum absolute atomic E-state index is 0.0302. The van der Waals surface area contributed by atoms with Gasteiger partial charge in [-0.1, -0.05) is 0 Å². The Morgan fingerprint density at radius 3 is 2.22 bits per heavy atom. The van der Waals surface area contributed by atoms with Gasteiger partial charge < -0.3 is 10.0 Å². The highest BCUT2D eigenvalue weighted by atomic mass is 16.3. The minimum atomic E-state index is -0.0302. The van der Waals surface area contributed by atoms with Crippen molar-refractivity contribution in [3.05, 3.63) is 0 Å². The van der Waals surface area contributed by atoms with Crippen molar-refractivity contribution >= 4 is 0 Å². The fourth-order valence-electron chi connectivity index (χ4n) is 1.40. The molecule has 0 aromatic rings. The van der Waals surface area contributed by atoms with Gasteiger partial charge in [0.05, 0.1) is 6.10 Å². The molecule has 54 valence electrons. The van der Waals surface area contributed by atoms with Crippen LogP contribution >= 0.6 is 0 Å². The van der Waals surface area contributed by atoms with Gasteiger partial charge in [0.15, 0.2) is 0 Å². The Bertz CT molecular complexity index is 92.9. The zero-order valence-electron chi connectivity index (χ0n) is 6.17. The molecule has 0 aromatic heterocycles. The molecule has 9 heavy (non-hydrogen) atoms. The predicted octanol–water partition coefficient (Wildman–Crippen LogP) is 0.461. The van der Waals surface area contributed by atoms with Gasteiger partial charge in [-0.05, 0) is 33.4 Å². The van der Waals surface area contributed by atoms with E-state index in [2.05, 4.69) is 19.0 Å². The summed E-state index contributed by atoms with van der Waals surface area (Å²) >= 11 is 0. The Balaban J connectivity index is 2.30. The van der Waals surface area contributed by atoms with Crippen molar-refractivity contribution in [3.63, 3.8) is 0 Å². The third-order valence-electron chi connectivity index (χ3n) is 2.11. The molecule has 0 amide bonds. The van der Waals surface area contributed by atoms with E-state index in [0.717, 1.165) is 19.3 Å². The van der Waals surface area contributed by atoms with Crippen molar-refractivity contribution in [1.29, 1.82) is 0 Å². The van der Waals surface area contributed by atoms with Crippen LogP contribution in [0, 0.1) is 0 Å². The van der Waals surface area contributed by atoms with Crippen LogP contribution in [-0.4, -0.2) is 36.2 Å². The standard InChI is InChI=1S/C7H15NO/c1-8(2)6-3-4-7(9)5-6/h6-7,9H,3-5H2,1-2H3/t6-,7-/m0/s1. The molecule has 0 heterocycles. The van der Waals surface area contributed by atoms with Crippen molar-refractivity contribution in [1.82, 2.24) is 4.90 Å². The van der Waals surface area contributed by atoms with E-state index in [0.29, 0.717) is 6.04 Å². The van der Waals surface area contributed by atoms with Crippen LogP contribution in [-0.2, 0) is 0 Å². The van der Waals surface area contributed by atoms with Crippen molar-refractivity contribution < 1.29 is 5.11 Å². The molecule has 0 radical (unpaired) electrons. The molecular weight excluding hydrogens is 114 g/mol. The van der Waals surface area contributed by atoms with Gasteiger partial charge in [-0.25, -0.2) is 0 Å². The van der Waals surface area contributed by atoms with E-state index in [1.54, 1.807) is 0 Å². The van der Waals surface area contributed by atoms with Crippen LogP contribution in [0.4, 0.5) is 0 Å². The lowest BCUT2D eigenvalue weighted by molar-refractivity contribution is 0.169. The second kappa shape index (κ2) is 2.67. The second-order valence-corrected chi connectivity index (χ2v) is 3.08. The largest absolute Gasteiger partial charge is 0.393 e. The minimum Gasteiger partial charge on any atom is -0.393 e. The topological polar surface area (TPSA) is 23.5 Å². The molecule has 1 N–H and O–H groups in total. The molecule has 0 bridgehead atoms. The van der Waals surface area contributed by atoms with Gasteiger partial charge in [0.1, 0.15) is 0 Å². The highest BCUT2D eigenvalue weighted by molar-refractivity contribution is 4.79. The first-order valence-corrected chi connectivity index (χ1v) is 3.54. The summed E-state index contributed by atoms with van der Waals surface area (Å²) < 4.78 is 0. The number of rotatable bonds is 1. The molecule has 1 aliphatic carbocycles. The molecule has 2 heteroatoms. The first kappa shape index (κ1) is 7.03. The number of hydrogen-bond acceptors (Lipinski definition) is 2. The van der Waals surface area contributed by atoms with Crippen molar-refractivity contribution in [2.75, 3.05) is 14.1 Å². The Hall–Kier alpha value is -0.0800. The second-order valence-electron chi connectivity index (χ2n) is 3.08. The third kappa shape index (κ3) is 1.66. The van der Waals surface area contributed by atoms with E-state index < -0.39 is 0 Å². The van der Waals surface area contributed by atoms with Gasteiger partial charge in [0, 0.05) is 6.04 Å². The van der Waals surface area contributed by atoms with Crippen LogP contribution < -0.4 is 0 Å². The quantitative estimate of drug-likeness (QED) is 0.556.